The van der Waals surface area contributed by atoms with E-state index in [-0.39, 0.29) is 17.9 Å². The molecule has 1 saturated heterocycles. The van der Waals surface area contributed by atoms with Crippen molar-refractivity contribution in [2.24, 2.45) is 5.92 Å². The van der Waals surface area contributed by atoms with E-state index in [0.717, 1.165) is 30.1 Å². The summed E-state index contributed by atoms with van der Waals surface area (Å²) in [6.07, 6.45) is 13.3. The predicted molar refractivity (Wildman–Crippen MR) is 78.8 cm³/mol. The Labute approximate surface area is 127 Å². The second-order valence-corrected chi connectivity index (χ2v) is 5.66. The van der Waals surface area contributed by atoms with E-state index in [1.54, 1.807) is 12.7 Å². The van der Waals surface area contributed by atoms with Crippen LogP contribution in [0, 0.1) is 18.4 Å². The minimum atomic E-state index is -0.358. The molecule has 0 N–H and O–H groups in total. The lowest BCUT2D eigenvalue weighted by Crippen LogP contribution is -2.19. The molecule has 2 aromatic rings. The number of esters is 1. The van der Waals surface area contributed by atoms with Crippen LogP contribution in [0.25, 0.3) is 11.2 Å². The number of hydrogen-bond acceptors (Lipinski definition) is 6. The van der Waals surface area contributed by atoms with Gasteiger partial charge in [-0.05, 0) is 19.3 Å². The third-order valence-corrected chi connectivity index (χ3v) is 4.32. The van der Waals surface area contributed by atoms with Crippen LogP contribution < -0.4 is 4.90 Å². The highest BCUT2D eigenvalue weighted by atomic mass is 16.5. The van der Waals surface area contributed by atoms with Gasteiger partial charge in [0.05, 0.1) is 18.3 Å². The smallest absolute Gasteiger partial charge is 0.325 e. The van der Waals surface area contributed by atoms with Crippen LogP contribution in [0.1, 0.15) is 25.3 Å². The average molecular weight is 297 g/mol. The molecule has 0 spiro atoms. The van der Waals surface area contributed by atoms with Crippen LogP contribution in [0.5, 0.6) is 0 Å². The molecule has 1 aliphatic carbocycles. The van der Waals surface area contributed by atoms with Crippen LogP contribution in [0.4, 0.5) is 5.82 Å². The summed E-state index contributed by atoms with van der Waals surface area (Å²) in [5.41, 5.74) is 1.55. The summed E-state index contributed by atoms with van der Waals surface area (Å²) in [6, 6.07) is 0.0205. The molecule has 4 rings (SSSR count). The van der Waals surface area contributed by atoms with Crippen molar-refractivity contribution in [3.8, 4) is 12.5 Å². The van der Waals surface area contributed by atoms with Gasteiger partial charge in [0.1, 0.15) is 12.4 Å². The molecule has 0 radical (unpaired) electrons. The van der Waals surface area contributed by atoms with Gasteiger partial charge in [-0.25, -0.2) is 15.0 Å². The lowest BCUT2D eigenvalue weighted by molar-refractivity contribution is -0.138. The van der Waals surface area contributed by atoms with Gasteiger partial charge in [0.25, 0.3) is 0 Å². The fraction of sp³-hybridized carbons (Fsp3) is 0.467. The van der Waals surface area contributed by atoms with Gasteiger partial charge < -0.3 is 14.2 Å². The highest BCUT2D eigenvalue weighted by molar-refractivity contribution is 5.84. The minimum absolute atomic E-state index is 0.0205. The Bertz CT molecular complexity index is 772. The maximum atomic E-state index is 11.7. The van der Waals surface area contributed by atoms with Crippen molar-refractivity contribution in [1.29, 1.82) is 0 Å². The Kier molecular flexibility index (Phi) is 2.96. The number of carbonyl (C=O) groups excluding carboxylic acids is 1. The lowest BCUT2D eigenvalue weighted by atomic mass is 10.4. The van der Waals surface area contributed by atoms with E-state index < -0.39 is 0 Å². The highest BCUT2D eigenvalue weighted by Crippen LogP contribution is 2.45. The maximum absolute atomic E-state index is 11.7. The van der Waals surface area contributed by atoms with Gasteiger partial charge >= 0.3 is 5.97 Å². The number of imidazole rings is 1. The number of nitrogens with zero attached hydrogens (tertiary/aromatic N) is 5. The van der Waals surface area contributed by atoms with Gasteiger partial charge in [-0.1, -0.05) is 6.42 Å². The van der Waals surface area contributed by atoms with Gasteiger partial charge in [-0.2, -0.15) is 0 Å². The molecule has 22 heavy (non-hydrogen) atoms. The number of terminal acetylenes is 1. The molecule has 1 saturated carbocycles. The van der Waals surface area contributed by atoms with Crippen LogP contribution >= 0.6 is 0 Å². The molecule has 2 atom stereocenters. The van der Waals surface area contributed by atoms with E-state index in [4.69, 9.17) is 6.42 Å². The average Bonchev–Trinajstić information content (AvgIpc) is 2.97. The highest BCUT2D eigenvalue weighted by Gasteiger charge is 2.46. The van der Waals surface area contributed by atoms with Gasteiger partial charge in [-0.3, -0.25) is 4.79 Å². The molecule has 0 bridgehead atoms. The van der Waals surface area contributed by atoms with E-state index in [9.17, 15) is 4.79 Å². The van der Waals surface area contributed by atoms with E-state index in [0.29, 0.717) is 6.42 Å². The summed E-state index contributed by atoms with van der Waals surface area (Å²) in [5.74, 6) is 0.312. The standard InChI is InChI=1S/C15H15N5O2/c1-2-22-15(21)10-7-11(10)20-9-18-12-13(16-8-17-14(12)20)19-5-3-4-6-19/h1,8-11H,3-7H2/t10-,11?/m0/s1. The quantitative estimate of drug-likeness (QED) is 0.624. The third-order valence-electron chi connectivity index (χ3n) is 4.32. The zero-order chi connectivity index (χ0) is 15.1. The van der Waals surface area contributed by atoms with Gasteiger partial charge in [-0.15, -0.1) is 0 Å². The normalized spacial score (nSPS) is 23.5. The molecule has 7 heteroatoms. The molecule has 7 nitrogen and oxygen atoms in total. The summed E-state index contributed by atoms with van der Waals surface area (Å²) in [5, 5.41) is 0. The first-order valence-corrected chi connectivity index (χ1v) is 7.38. The first-order chi connectivity index (χ1) is 10.8. The molecule has 112 valence electrons. The van der Waals surface area contributed by atoms with Gasteiger partial charge in [0.2, 0.25) is 0 Å². The van der Waals surface area contributed by atoms with Crippen LogP contribution in [-0.2, 0) is 9.53 Å². The molecule has 1 unspecified atom stereocenters. The Hall–Kier alpha value is -2.62. The van der Waals surface area contributed by atoms with Crippen LogP contribution in [0.15, 0.2) is 12.7 Å². The maximum Gasteiger partial charge on any atom is 0.325 e. The number of anilines is 1. The molecule has 2 fully saturated rings. The number of ether oxygens (including phenoxy) is 1. The number of rotatable bonds is 3. The van der Waals surface area contributed by atoms with Crippen molar-refractivity contribution in [3.63, 3.8) is 0 Å². The first-order valence-electron chi connectivity index (χ1n) is 7.38. The Morgan fingerprint density at radius 2 is 2.14 bits per heavy atom. The van der Waals surface area contributed by atoms with Gasteiger partial charge in [0, 0.05) is 13.1 Å². The van der Waals surface area contributed by atoms with E-state index in [1.807, 2.05) is 10.7 Å². The van der Waals surface area contributed by atoms with Crippen molar-refractivity contribution in [2.45, 2.75) is 25.3 Å². The second-order valence-electron chi connectivity index (χ2n) is 5.66. The fourth-order valence-corrected chi connectivity index (χ4v) is 3.12. The Morgan fingerprint density at radius 3 is 2.91 bits per heavy atom. The van der Waals surface area contributed by atoms with Crippen LogP contribution in [0.2, 0.25) is 0 Å². The Morgan fingerprint density at radius 1 is 1.32 bits per heavy atom. The first kappa shape index (κ1) is 13.1. The van der Waals surface area contributed by atoms with Crippen molar-refractivity contribution in [3.05, 3.63) is 12.7 Å². The molecule has 2 aromatic heterocycles. The second kappa shape index (κ2) is 4.98. The number of hydrogen-bond donors (Lipinski definition) is 0. The fourth-order valence-electron chi connectivity index (χ4n) is 3.12. The molecule has 2 aliphatic rings. The molecule has 3 heterocycles. The zero-order valence-electron chi connectivity index (χ0n) is 12.0. The molecule has 0 aromatic carbocycles. The summed E-state index contributed by atoms with van der Waals surface area (Å²) < 4.78 is 6.55. The van der Waals surface area contributed by atoms with E-state index >= 15 is 0 Å². The zero-order valence-corrected chi connectivity index (χ0v) is 12.0. The summed E-state index contributed by atoms with van der Waals surface area (Å²) in [4.78, 5) is 27.1. The summed E-state index contributed by atoms with van der Waals surface area (Å²) in [6.45, 7) is 2.00. The Balaban J connectivity index is 1.66. The van der Waals surface area contributed by atoms with E-state index in [2.05, 4.69) is 24.6 Å². The SMILES string of the molecule is C#COC(=O)[C@H]1CC1n1cnc2c(N3CCCC3)ncnc21. The lowest BCUT2D eigenvalue weighted by Gasteiger charge is -2.15. The summed E-state index contributed by atoms with van der Waals surface area (Å²) >= 11 is 0. The van der Waals surface area contributed by atoms with E-state index in [1.165, 1.54) is 12.8 Å². The van der Waals surface area contributed by atoms with Crippen molar-refractivity contribution >= 4 is 23.0 Å². The number of carbonyl (C=O) groups is 1. The summed E-state index contributed by atoms with van der Waals surface area (Å²) in [7, 11) is 0. The minimum Gasteiger partial charge on any atom is -0.372 e. The largest absolute Gasteiger partial charge is 0.372 e. The third kappa shape index (κ3) is 1.99. The number of fused-ring (bicyclic) bond motifs is 1. The monoisotopic (exact) mass is 297 g/mol. The van der Waals surface area contributed by atoms with Gasteiger partial charge in [0.15, 0.2) is 17.0 Å². The topological polar surface area (TPSA) is 73.1 Å². The van der Waals surface area contributed by atoms with Crippen molar-refractivity contribution in [2.75, 3.05) is 18.0 Å². The molecule has 0 amide bonds. The van der Waals surface area contributed by atoms with Crippen LogP contribution in [-0.4, -0.2) is 38.6 Å². The molecule has 1 aliphatic heterocycles. The molecular formula is C15H15N5O2. The van der Waals surface area contributed by atoms with Crippen LogP contribution in [0.3, 0.4) is 0 Å². The predicted octanol–water partition coefficient (Wildman–Crippen LogP) is 1.12. The molecular weight excluding hydrogens is 282 g/mol. The van der Waals surface area contributed by atoms with Crippen molar-refractivity contribution < 1.29 is 9.53 Å². The van der Waals surface area contributed by atoms with Crippen molar-refractivity contribution in [1.82, 2.24) is 19.5 Å². The number of aromatic nitrogens is 4.